The monoisotopic (exact) mass is 564 g/mol. The molecule has 2 aliphatic heterocycles. The van der Waals surface area contributed by atoms with E-state index in [1.165, 1.54) is 45.2 Å². The summed E-state index contributed by atoms with van der Waals surface area (Å²) in [7, 11) is 2.23. The second-order valence-corrected chi connectivity index (χ2v) is 10.1. The third kappa shape index (κ3) is 7.96. The maximum Gasteiger partial charge on any atom is 0.191 e. The van der Waals surface area contributed by atoms with Crippen molar-refractivity contribution in [2.45, 2.75) is 64.5 Å². The number of ether oxygens (including phenoxy) is 1. The zero-order valence-corrected chi connectivity index (χ0v) is 23.4. The Hall–Kier alpha value is -0.160. The number of piperazine rings is 1. The third-order valence-corrected chi connectivity index (χ3v) is 7.60. The molecule has 2 saturated heterocycles. The standard InChI is InChI=1S/C24H48N6O.HI/c1-5-25-23(26-19-22(21(2)3)29-13-11-28(4)12-14-29)27-20-24(9-7-6-8-10-24)30-15-17-31-18-16-30;/h21-22H,5-20H2,1-4H3,(H2,25,26,27);1H. The summed E-state index contributed by atoms with van der Waals surface area (Å²) in [6, 6.07) is 0.542. The van der Waals surface area contributed by atoms with Gasteiger partial charge in [-0.1, -0.05) is 33.1 Å². The molecule has 2 heterocycles. The fraction of sp³-hybridized carbons (Fsp3) is 0.958. The normalized spacial score (nSPS) is 24.7. The molecule has 0 amide bonds. The highest BCUT2D eigenvalue weighted by Crippen LogP contribution is 2.34. The van der Waals surface area contributed by atoms with Gasteiger partial charge in [0, 0.05) is 63.9 Å². The topological polar surface area (TPSA) is 55.4 Å². The highest BCUT2D eigenvalue weighted by molar-refractivity contribution is 14.0. The second-order valence-electron chi connectivity index (χ2n) is 10.1. The van der Waals surface area contributed by atoms with Crippen LogP contribution in [0.25, 0.3) is 0 Å². The first-order chi connectivity index (χ1) is 15.0. The summed E-state index contributed by atoms with van der Waals surface area (Å²) in [5.74, 6) is 1.61. The lowest BCUT2D eigenvalue weighted by molar-refractivity contribution is -0.0333. The SMILES string of the molecule is CCNC(=NCC1(N2CCOCC2)CCCCC1)NCC(C(C)C)N1CCN(C)CC1.I. The summed E-state index contributed by atoms with van der Waals surface area (Å²) in [5, 5.41) is 7.23. The van der Waals surface area contributed by atoms with E-state index >= 15 is 0 Å². The zero-order valence-electron chi connectivity index (χ0n) is 21.1. The van der Waals surface area contributed by atoms with E-state index in [0.717, 1.165) is 65.0 Å². The Kier molecular flexibility index (Phi) is 12.5. The molecule has 7 nitrogen and oxygen atoms in total. The van der Waals surface area contributed by atoms with Gasteiger partial charge < -0.3 is 20.3 Å². The van der Waals surface area contributed by atoms with Gasteiger partial charge in [-0.2, -0.15) is 0 Å². The lowest BCUT2D eigenvalue weighted by Gasteiger charge is -2.47. The number of nitrogens with zero attached hydrogens (tertiary/aromatic N) is 4. The number of guanidine groups is 1. The van der Waals surface area contributed by atoms with Gasteiger partial charge in [0.05, 0.1) is 19.8 Å². The van der Waals surface area contributed by atoms with Gasteiger partial charge in [0.1, 0.15) is 0 Å². The molecule has 0 aromatic carbocycles. The van der Waals surface area contributed by atoms with Gasteiger partial charge in [0.2, 0.25) is 0 Å². The molecule has 0 radical (unpaired) electrons. The van der Waals surface area contributed by atoms with Crippen molar-refractivity contribution < 1.29 is 4.74 Å². The van der Waals surface area contributed by atoms with Crippen LogP contribution < -0.4 is 10.6 Å². The summed E-state index contributed by atoms with van der Waals surface area (Å²) < 4.78 is 5.64. The number of hydrogen-bond donors (Lipinski definition) is 2. The molecule has 1 atom stereocenters. The highest BCUT2D eigenvalue weighted by Gasteiger charge is 2.38. The molecule has 8 heteroatoms. The number of nitrogens with one attached hydrogen (secondary N) is 2. The van der Waals surface area contributed by atoms with Gasteiger partial charge in [-0.3, -0.25) is 14.8 Å². The molecule has 32 heavy (non-hydrogen) atoms. The van der Waals surface area contributed by atoms with E-state index in [-0.39, 0.29) is 29.5 Å². The fourth-order valence-corrected chi connectivity index (χ4v) is 5.53. The lowest BCUT2D eigenvalue weighted by Crippen LogP contribution is -2.57. The molecule has 2 N–H and O–H groups in total. The van der Waals surface area contributed by atoms with E-state index in [4.69, 9.17) is 9.73 Å². The van der Waals surface area contributed by atoms with Crippen LogP contribution in [0.2, 0.25) is 0 Å². The van der Waals surface area contributed by atoms with Crippen LogP contribution in [0, 0.1) is 5.92 Å². The minimum absolute atomic E-state index is 0. The Labute approximate surface area is 214 Å². The highest BCUT2D eigenvalue weighted by atomic mass is 127. The molecule has 188 valence electrons. The average Bonchev–Trinajstić information content (AvgIpc) is 2.79. The van der Waals surface area contributed by atoms with Gasteiger partial charge >= 0.3 is 0 Å². The van der Waals surface area contributed by atoms with Crippen LogP contribution in [0.1, 0.15) is 52.9 Å². The molecule has 0 spiro atoms. The molecule has 0 aromatic heterocycles. The summed E-state index contributed by atoms with van der Waals surface area (Å²) >= 11 is 0. The maximum atomic E-state index is 5.64. The Morgan fingerprint density at radius 1 is 0.969 bits per heavy atom. The number of halogens is 1. The van der Waals surface area contributed by atoms with Crippen LogP contribution in [0.4, 0.5) is 0 Å². The number of morpholine rings is 1. The van der Waals surface area contributed by atoms with Crippen LogP contribution >= 0.6 is 24.0 Å². The Bertz CT molecular complexity index is 541. The molecule has 1 saturated carbocycles. The smallest absolute Gasteiger partial charge is 0.191 e. The molecule has 3 aliphatic rings. The second kappa shape index (κ2) is 14.3. The summed E-state index contributed by atoms with van der Waals surface area (Å²) in [6.07, 6.45) is 6.57. The largest absolute Gasteiger partial charge is 0.379 e. The Morgan fingerprint density at radius 2 is 1.62 bits per heavy atom. The van der Waals surface area contributed by atoms with Crippen molar-refractivity contribution in [3.8, 4) is 0 Å². The van der Waals surface area contributed by atoms with Crippen molar-refractivity contribution in [3.05, 3.63) is 0 Å². The number of rotatable bonds is 8. The summed E-state index contributed by atoms with van der Waals surface area (Å²) in [6.45, 7) is 18.1. The minimum atomic E-state index is 0. The van der Waals surface area contributed by atoms with E-state index in [1.807, 2.05) is 0 Å². The molecule has 0 bridgehead atoms. The minimum Gasteiger partial charge on any atom is -0.379 e. The molecular weight excluding hydrogens is 515 g/mol. The van der Waals surface area contributed by atoms with Crippen molar-refractivity contribution >= 4 is 29.9 Å². The fourth-order valence-electron chi connectivity index (χ4n) is 5.53. The van der Waals surface area contributed by atoms with Crippen molar-refractivity contribution in [1.82, 2.24) is 25.3 Å². The van der Waals surface area contributed by atoms with Gasteiger partial charge in [0.15, 0.2) is 5.96 Å². The van der Waals surface area contributed by atoms with Crippen molar-refractivity contribution in [2.75, 3.05) is 79.2 Å². The number of aliphatic imine (C=N–C) groups is 1. The predicted molar refractivity (Wildman–Crippen MR) is 145 cm³/mol. The van der Waals surface area contributed by atoms with E-state index < -0.39 is 0 Å². The first kappa shape index (κ1) is 28.1. The van der Waals surface area contributed by atoms with Crippen LogP contribution in [-0.2, 0) is 4.74 Å². The van der Waals surface area contributed by atoms with Crippen molar-refractivity contribution in [3.63, 3.8) is 0 Å². The summed E-state index contributed by atoms with van der Waals surface area (Å²) in [5.41, 5.74) is 0.222. The van der Waals surface area contributed by atoms with Gasteiger partial charge in [-0.05, 0) is 32.7 Å². The maximum absolute atomic E-state index is 5.64. The van der Waals surface area contributed by atoms with E-state index in [0.29, 0.717) is 12.0 Å². The predicted octanol–water partition coefficient (Wildman–Crippen LogP) is 2.47. The van der Waals surface area contributed by atoms with Crippen molar-refractivity contribution in [2.24, 2.45) is 10.9 Å². The van der Waals surface area contributed by atoms with Crippen LogP contribution in [0.15, 0.2) is 4.99 Å². The molecule has 1 aliphatic carbocycles. The number of likely N-dealkylation sites (N-methyl/N-ethyl adjacent to an activating group) is 1. The number of hydrogen-bond acceptors (Lipinski definition) is 5. The average molecular weight is 565 g/mol. The third-order valence-electron chi connectivity index (χ3n) is 7.60. The lowest BCUT2D eigenvalue weighted by atomic mass is 9.80. The van der Waals surface area contributed by atoms with Gasteiger partial charge in [-0.15, -0.1) is 24.0 Å². The molecular formula is C24H49IN6O. The van der Waals surface area contributed by atoms with E-state index in [1.54, 1.807) is 0 Å². The van der Waals surface area contributed by atoms with E-state index in [9.17, 15) is 0 Å². The summed E-state index contributed by atoms with van der Waals surface area (Å²) in [4.78, 5) is 12.9. The van der Waals surface area contributed by atoms with Crippen LogP contribution in [-0.4, -0.2) is 111 Å². The zero-order chi connectivity index (χ0) is 22.1. The molecule has 0 aromatic rings. The van der Waals surface area contributed by atoms with Crippen molar-refractivity contribution in [1.29, 1.82) is 0 Å². The molecule has 3 fully saturated rings. The van der Waals surface area contributed by atoms with E-state index in [2.05, 4.69) is 53.2 Å². The van der Waals surface area contributed by atoms with Crippen LogP contribution in [0.5, 0.6) is 0 Å². The first-order valence-electron chi connectivity index (χ1n) is 12.8. The molecule has 3 rings (SSSR count). The quantitative estimate of drug-likeness (QED) is 0.269. The van der Waals surface area contributed by atoms with Gasteiger partial charge in [0.25, 0.3) is 0 Å². The Balaban J connectivity index is 0.00000363. The van der Waals surface area contributed by atoms with Gasteiger partial charge in [-0.25, -0.2) is 0 Å². The molecule has 1 unspecified atom stereocenters. The first-order valence-corrected chi connectivity index (χ1v) is 12.8. The van der Waals surface area contributed by atoms with Crippen LogP contribution in [0.3, 0.4) is 0 Å². The Morgan fingerprint density at radius 3 is 2.22 bits per heavy atom.